The molecule has 1 heterocycles. The van der Waals surface area contributed by atoms with E-state index in [9.17, 15) is 0 Å². The first-order chi connectivity index (χ1) is 10.2. The first-order valence-corrected chi connectivity index (χ1v) is 7.83. The van der Waals surface area contributed by atoms with Crippen molar-refractivity contribution in [3.05, 3.63) is 69.7 Å². The maximum atomic E-state index is 5.93. The van der Waals surface area contributed by atoms with Crippen molar-refractivity contribution < 1.29 is 0 Å². The molecule has 1 N–H and O–H groups in total. The number of fused-ring (bicyclic) bond motifs is 1. The molecule has 2 aromatic carbocycles. The van der Waals surface area contributed by atoms with Crippen molar-refractivity contribution in [2.24, 2.45) is 0 Å². The summed E-state index contributed by atoms with van der Waals surface area (Å²) in [5, 5.41) is 4.24. The summed E-state index contributed by atoms with van der Waals surface area (Å²) in [6.07, 6.45) is 1.15. The normalized spacial score (nSPS) is 14.2. The summed E-state index contributed by atoms with van der Waals surface area (Å²) < 4.78 is 0. The zero-order chi connectivity index (χ0) is 14.7. The molecule has 0 saturated heterocycles. The minimum atomic E-state index is 0.795. The lowest BCUT2D eigenvalue weighted by atomic mass is 9.98. The van der Waals surface area contributed by atoms with Gasteiger partial charge in [0, 0.05) is 24.7 Å². The van der Waals surface area contributed by atoms with Gasteiger partial charge >= 0.3 is 0 Å². The van der Waals surface area contributed by atoms with Crippen LogP contribution in [-0.4, -0.2) is 18.5 Å². The second-order valence-electron chi connectivity index (χ2n) is 5.83. The summed E-state index contributed by atoms with van der Waals surface area (Å²) in [6, 6.07) is 15.0. The quantitative estimate of drug-likeness (QED) is 0.928. The predicted molar refractivity (Wildman–Crippen MR) is 88.5 cm³/mol. The highest BCUT2D eigenvalue weighted by Crippen LogP contribution is 2.18. The number of hydrogen-bond donors (Lipinski definition) is 1. The van der Waals surface area contributed by atoms with E-state index in [1.165, 1.54) is 22.3 Å². The Bertz CT molecular complexity index is 607. The van der Waals surface area contributed by atoms with Gasteiger partial charge in [-0.25, -0.2) is 0 Å². The first-order valence-electron chi connectivity index (χ1n) is 7.45. The molecule has 0 fully saturated rings. The zero-order valence-electron chi connectivity index (χ0n) is 12.4. The van der Waals surface area contributed by atoms with Gasteiger partial charge < -0.3 is 5.32 Å². The number of rotatable bonds is 4. The fourth-order valence-corrected chi connectivity index (χ4v) is 3.03. The Morgan fingerprint density at radius 1 is 1.00 bits per heavy atom. The van der Waals surface area contributed by atoms with Crippen LogP contribution in [-0.2, 0) is 26.1 Å². The Balaban J connectivity index is 1.64. The smallest absolute Gasteiger partial charge is 0.0406 e. The number of nitrogens with one attached hydrogen (secondary N) is 1. The van der Waals surface area contributed by atoms with E-state index in [1.54, 1.807) is 0 Å². The number of halogens is 1. The lowest BCUT2D eigenvalue weighted by Gasteiger charge is -2.21. The Morgan fingerprint density at radius 3 is 2.52 bits per heavy atom. The third kappa shape index (κ3) is 3.85. The molecule has 1 aliphatic rings. The number of hydrogen-bond acceptors (Lipinski definition) is 2. The maximum Gasteiger partial charge on any atom is 0.0406 e. The molecule has 0 aliphatic carbocycles. The van der Waals surface area contributed by atoms with E-state index in [-0.39, 0.29) is 0 Å². The molecular formula is C18H21ClN2. The van der Waals surface area contributed by atoms with Gasteiger partial charge in [-0.05, 0) is 54.4 Å². The molecule has 2 nitrogen and oxygen atoms in total. The van der Waals surface area contributed by atoms with Crippen LogP contribution in [0.3, 0.4) is 0 Å². The van der Waals surface area contributed by atoms with Crippen LogP contribution >= 0.6 is 11.6 Å². The molecule has 0 bridgehead atoms. The summed E-state index contributed by atoms with van der Waals surface area (Å²) >= 11 is 5.93. The fraction of sp³-hybridized carbons (Fsp3) is 0.333. The average Bonchev–Trinajstić information content (AvgIpc) is 2.49. The number of benzene rings is 2. The Hall–Kier alpha value is -1.35. The SMILES string of the molecule is CN(Cc1ccc(Cl)cc1)Cc1ccc2c(c1)CNCC2. The van der Waals surface area contributed by atoms with Crippen LogP contribution in [0.4, 0.5) is 0 Å². The summed E-state index contributed by atoms with van der Waals surface area (Å²) in [5.41, 5.74) is 5.63. The van der Waals surface area contributed by atoms with Crippen LogP contribution in [0.2, 0.25) is 5.02 Å². The zero-order valence-corrected chi connectivity index (χ0v) is 13.2. The largest absolute Gasteiger partial charge is 0.312 e. The lowest BCUT2D eigenvalue weighted by Crippen LogP contribution is -2.24. The highest BCUT2D eigenvalue weighted by atomic mass is 35.5. The van der Waals surface area contributed by atoms with E-state index >= 15 is 0 Å². The van der Waals surface area contributed by atoms with E-state index < -0.39 is 0 Å². The van der Waals surface area contributed by atoms with Gasteiger partial charge in [-0.15, -0.1) is 0 Å². The number of nitrogens with zero attached hydrogens (tertiary/aromatic N) is 1. The van der Waals surface area contributed by atoms with Gasteiger partial charge in [0.2, 0.25) is 0 Å². The molecule has 2 aromatic rings. The van der Waals surface area contributed by atoms with E-state index in [1.807, 2.05) is 12.1 Å². The van der Waals surface area contributed by atoms with Crippen LogP contribution in [0.5, 0.6) is 0 Å². The van der Waals surface area contributed by atoms with Crippen LogP contribution < -0.4 is 5.32 Å². The van der Waals surface area contributed by atoms with Crippen molar-refractivity contribution in [2.45, 2.75) is 26.1 Å². The van der Waals surface area contributed by atoms with Gasteiger partial charge in [0.15, 0.2) is 0 Å². The van der Waals surface area contributed by atoms with Crippen LogP contribution in [0.15, 0.2) is 42.5 Å². The summed E-state index contributed by atoms with van der Waals surface area (Å²) in [5.74, 6) is 0. The summed E-state index contributed by atoms with van der Waals surface area (Å²) in [7, 11) is 2.16. The van der Waals surface area contributed by atoms with Crippen molar-refractivity contribution in [2.75, 3.05) is 13.6 Å². The van der Waals surface area contributed by atoms with Crippen molar-refractivity contribution in [1.82, 2.24) is 10.2 Å². The van der Waals surface area contributed by atoms with Gasteiger partial charge in [0.25, 0.3) is 0 Å². The highest BCUT2D eigenvalue weighted by molar-refractivity contribution is 6.30. The fourth-order valence-electron chi connectivity index (χ4n) is 2.90. The van der Waals surface area contributed by atoms with E-state index in [2.05, 4.69) is 47.6 Å². The maximum absolute atomic E-state index is 5.93. The minimum Gasteiger partial charge on any atom is -0.312 e. The Kier molecular flexibility index (Phi) is 4.59. The molecular weight excluding hydrogens is 280 g/mol. The van der Waals surface area contributed by atoms with Crippen LogP contribution in [0, 0.1) is 0 Å². The molecule has 0 atom stereocenters. The topological polar surface area (TPSA) is 15.3 Å². The summed E-state index contributed by atoms with van der Waals surface area (Å²) in [6.45, 7) is 4.01. The van der Waals surface area contributed by atoms with Gasteiger partial charge in [-0.3, -0.25) is 4.90 Å². The first kappa shape index (κ1) is 14.6. The van der Waals surface area contributed by atoms with Crippen LogP contribution in [0.1, 0.15) is 22.3 Å². The molecule has 0 aromatic heterocycles. The second-order valence-corrected chi connectivity index (χ2v) is 6.27. The lowest BCUT2D eigenvalue weighted by molar-refractivity contribution is 0.319. The van der Waals surface area contributed by atoms with E-state index in [4.69, 9.17) is 11.6 Å². The van der Waals surface area contributed by atoms with Gasteiger partial charge in [0.05, 0.1) is 0 Å². The summed E-state index contributed by atoms with van der Waals surface area (Å²) in [4.78, 5) is 2.33. The minimum absolute atomic E-state index is 0.795. The van der Waals surface area contributed by atoms with Crippen molar-refractivity contribution in [3.63, 3.8) is 0 Å². The van der Waals surface area contributed by atoms with E-state index in [0.29, 0.717) is 0 Å². The monoisotopic (exact) mass is 300 g/mol. The van der Waals surface area contributed by atoms with Gasteiger partial charge in [0.1, 0.15) is 0 Å². The molecule has 3 rings (SSSR count). The van der Waals surface area contributed by atoms with Crippen molar-refractivity contribution in [1.29, 1.82) is 0 Å². The third-order valence-corrected chi connectivity index (χ3v) is 4.23. The van der Waals surface area contributed by atoms with Gasteiger partial charge in [-0.2, -0.15) is 0 Å². The molecule has 1 aliphatic heterocycles. The molecule has 0 spiro atoms. The molecule has 21 heavy (non-hydrogen) atoms. The predicted octanol–water partition coefficient (Wildman–Crippen LogP) is 3.62. The molecule has 0 unspecified atom stereocenters. The van der Waals surface area contributed by atoms with Crippen LogP contribution in [0.25, 0.3) is 0 Å². The molecule has 0 radical (unpaired) electrons. The highest BCUT2D eigenvalue weighted by Gasteiger charge is 2.10. The van der Waals surface area contributed by atoms with Gasteiger partial charge in [-0.1, -0.05) is 41.9 Å². The molecule has 3 heteroatoms. The second kappa shape index (κ2) is 6.61. The van der Waals surface area contributed by atoms with E-state index in [0.717, 1.165) is 37.6 Å². The Labute approximate surface area is 131 Å². The molecule has 0 saturated carbocycles. The van der Waals surface area contributed by atoms with Crippen molar-refractivity contribution in [3.8, 4) is 0 Å². The molecule has 110 valence electrons. The average molecular weight is 301 g/mol. The standard InChI is InChI=1S/C18H21ClN2/c1-21(12-14-3-6-18(19)7-4-14)13-15-2-5-16-8-9-20-11-17(16)10-15/h2-7,10,20H,8-9,11-13H2,1H3. The van der Waals surface area contributed by atoms with Crippen molar-refractivity contribution >= 4 is 11.6 Å². The third-order valence-electron chi connectivity index (χ3n) is 3.98. The Morgan fingerprint density at radius 2 is 1.71 bits per heavy atom. The molecule has 0 amide bonds.